The summed E-state index contributed by atoms with van der Waals surface area (Å²) in [5.74, 6) is 0. The fourth-order valence-corrected chi connectivity index (χ4v) is 10.3. The van der Waals surface area contributed by atoms with Gasteiger partial charge in [0.1, 0.15) is 19.6 Å². The maximum absolute atomic E-state index is 3.53. The summed E-state index contributed by atoms with van der Waals surface area (Å²) in [6.07, 6.45) is 44.0. The lowest BCUT2D eigenvalue weighted by molar-refractivity contribution is -0.697. The molecule has 66 heavy (non-hydrogen) atoms. The van der Waals surface area contributed by atoms with Crippen molar-refractivity contribution in [3.63, 3.8) is 0 Å². The highest BCUT2D eigenvalue weighted by Gasteiger charge is 2.08. The van der Waals surface area contributed by atoms with Crippen molar-refractivity contribution in [1.29, 1.82) is 0 Å². The monoisotopic (exact) mass is 1090 g/mol. The van der Waals surface area contributed by atoms with E-state index in [0.29, 0.717) is 0 Å². The molecule has 0 fully saturated rings. The molecule has 0 saturated carbocycles. The van der Waals surface area contributed by atoms with Gasteiger partial charge in [0.15, 0.2) is 37.2 Å². The first kappa shape index (κ1) is 55.9. The van der Waals surface area contributed by atoms with Crippen LogP contribution in [0.1, 0.15) is 166 Å². The van der Waals surface area contributed by atoms with Gasteiger partial charge in [-0.15, -0.1) is 0 Å². The van der Waals surface area contributed by atoms with Crippen LogP contribution in [0.5, 0.6) is 0 Å². The lowest BCUT2D eigenvalue weighted by Crippen LogP contribution is -2.32. The van der Waals surface area contributed by atoms with E-state index in [9.17, 15) is 0 Å². The zero-order valence-electron chi connectivity index (χ0n) is 41.6. The van der Waals surface area contributed by atoms with Gasteiger partial charge in [-0.05, 0) is 188 Å². The molecule has 2 aromatic carbocycles. The van der Waals surface area contributed by atoms with Crippen molar-refractivity contribution >= 4 is 47.8 Å². The zero-order valence-corrected chi connectivity index (χ0v) is 46.3. The molecule has 0 radical (unpaired) electrons. The van der Waals surface area contributed by atoms with Gasteiger partial charge in [-0.25, -0.2) is 13.7 Å². The number of unbranched alkanes of at least 4 members (excludes halogenated alkanes) is 12. The first-order chi connectivity index (χ1) is 32.3. The molecule has 5 aromatic rings. The number of alkyl halides is 3. The van der Waals surface area contributed by atoms with Crippen LogP contribution in [0.4, 0.5) is 0 Å². The summed E-state index contributed by atoms with van der Waals surface area (Å²) in [7, 11) is 0. The van der Waals surface area contributed by atoms with E-state index < -0.39 is 0 Å². The van der Waals surface area contributed by atoms with Crippen molar-refractivity contribution < 1.29 is 13.7 Å². The Hall–Kier alpha value is -2.67. The van der Waals surface area contributed by atoms with Gasteiger partial charge in [-0.3, -0.25) is 0 Å². The van der Waals surface area contributed by atoms with Crippen LogP contribution < -0.4 is 13.7 Å². The molecule has 0 spiro atoms. The molecule has 0 aliphatic rings. The third-order valence-corrected chi connectivity index (χ3v) is 14.4. The zero-order chi connectivity index (χ0) is 46.9. The maximum Gasteiger partial charge on any atom is 0.171 e. The van der Waals surface area contributed by atoms with Crippen LogP contribution in [0, 0.1) is 20.8 Å². The molecule has 6 heteroatoms. The standard InChI is InChI=1S/C39H54N3.C21H33Br3/c1-34-16-13-25-40(31-34)22-10-4-7-19-37-28-38(20-8-5-11-23-41-26-14-17-35(2)32-41)30-39(29-37)21-9-6-12-24-42-27-15-18-36(3)33-42;22-13-7-1-4-10-19-16-20(11-5-2-8-14-23)18-21(17-19)12-6-3-9-15-24/h13-18,25-33H,4-12,19-24H2,1-3H3;16-18H,1-15H2/q+3;. The number of aromatic nitrogens is 3. The average Bonchev–Trinajstić information content (AvgIpc) is 3.31. The van der Waals surface area contributed by atoms with E-state index in [-0.39, 0.29) is 0 Å². The minimum absolute atomic E-state index is 1.12. The Morgan fingerprint density at radius 1 is 0.303 bits per heavy atom. The van der Waals surface area contributed by atoms with Crippen LogP contribution in [0.25, 0.3) is 0 Å². The Morgan fingerprint density at radius 3 is 0.742 bits per heavy atom. The highest BCUT2D eigenvalue weighted by molar-refractivity contribution is 9.09. The number of pyridine rings is 3. The normalized spacial score (nSPS) is 11.2. The van der Waals surface area contributed by atoms with Crippen LogP contribution in [0.2, 0.25) is 0 Å². The summed E-state index contributed by atoms with van der Waals surface area (Å²) in [6, 6.07) is 28.0. The van der Waals surface area contributed by atoms with Gasteiger partial charge in [-0.2, -0.15) is 0 Å². The Labute approximate surface area is 429 Å². The predicted molar refractivity (Wildman–Crippen MR) is 294 cm³/mol. The third kappa shape index (κ3) is 25.6. The molecule has 3 aromatic heterocycles. The summed E-state index contributed by atoms with van der Waals surface area (Å²) in [4.78, 5) is 0. The summed E-state index contributed by atoms with van der Waals surface area (Å²) in [5.41, 5.74) is 13.4. The number of hydrogen-bond donors (Lipinski definition) is 0. The summed E-state index contributed by atoms with van der Waals surface area (Å²) >= 11 is 10.6. The molecule has 3 heterocycles. The largest absolute Gasteiger partial charge is 0.205 e. The topological polar surface area (TPSA) is 11.6 Å². The van der Waals surface area contributed by atoms with E-state index in [1.54, 1.807) is 33.4 Å². The van der Waals surface area contributed by atoms with E-state index in [2.05, 4.69) is 192 Å². The molecule has 0 unspecified atom stereocenters. The second kappa shape index (κ2) is 35.4. The van der Waals surface area contributed by atoms with Gasteiger partial charge < -0.3 is 0 Å². The van der Waals surface area contributed by atoms with E-state index >= 15 is 0 Å². The minimum atomic E-state index is 1.12. The van der Waals surface area contributed by atoms with Crippen molar-refractivity contribution in [1.82, 2.24) is 0 Å². The Bertz CT molecular complexity index is 1780. The van der Waals surface area contributed by atoms with Gasteiger partial charge in [0.25, 0.3) is 0 Å². The van der Waals surface area contributed by atoms with Gasteiger partial charge >= 0.3 is 0 Å². The quantitative estimate of drug-likeness (QED) is 0.0225. The lowest BCUT2D eigenvalue weighted by atomic mass is 9.95. The summed E-state index contributed by atoms with van der Waals surface area (Å²) < 4.78 is 7.01. The van der Waals surface area contributed by atoms with Crippen LogP contribution in [0.15, 0.2) is 110 Å². The second-order valence-electron chi connectivity index (χ2n) is 19.1. The predicted octanol–water partition coefficient (Wildman–Crippen LogP) is 15.7. The number of hydrogen-bond acceptors (Lipinski definition) is 0. The molecule has 0 aliphatic carbocycles. The molecule has 0 amide bonds. The molecule has 0 N–H and O–H groups in total. The highest BCUT2D eigenvalue weighted by atomic mass is 79.9. The minimum Gasteiger partial charge on any atom is -0.205 e. The average molecular weight is 1090 g/mol. The molecule has 0 saturated heterocycles. The van der Waals surface area contributed by atoms with Crippen molar-refractivity contribution in [3.05, 3.63) is 160 Å². The van der Waals surface area contributed by atoms with Gasteiger partial charge in [0, 0.05) is 70.1 Å². The molecular weight excluding hydrogens is 1000 g/mol. The van der Waals surface area contributed by atoms with Crippen LogP contribution >= 0.6 is 47.8 Å². The number of nitrogens with zero attached hydrogens (tertiary/aromatic N) is 3. The van der Waals surface area contributed by atoms with Crippen LogP contribution in [-0.2, 0) is 58.2 Å². The van der Waals surface area contributed by atoms with Crippen LogP contribution in [-0.4, -0.2) is 16.0 Å². The fourth-order valence-electron chi connectivity index (χ4n) is 9.12. The Balaban J connectivity index is 0.000000338. The number of halogens is 3. The lowest BCUT2D eigenvalue weighted by Gasteiger charge is -2.11. The van der Waals surface area contributed by atoms with Crippen molar-refractivity contribution in [3.8, 4) is 0 Å². The molecule has 0 aliphatic heterocycles. The highest BCUT2D eigenvalue weighted by Crippen LogP contribution is 2.20. The number of rotatable bonds is 33. The van der Waals surface area contributed by atoms with Gasteiger partial charge in [-0.1, -0.05) is 103 Å². The first-order valence-corrected chi connectivity index (χ1v) is 29.5. The summed E-state index contributed by atoms with van der Waals surface area (Å²) in [5, 5.41) is 3.41. The molecule has 0 bridgehead atoms. The molecular formula is C60H87Br3N3+3. The smallest absolute Gasteiger partial charge is 0.171 e. The van der Waals surface area contributed by atoms with Crippen molar-refractivity contribution in [2.24, 2.45) is 0 Å². The van der Waals surface area contributed by atoms with Crippen molar-refractivity contribution in [2.45, 2.75) is 195 Å². The van der Waals surface area contributed by atoms with Gasteiger partial charge in [0.05, 0.1) is 0 Å². The molecule has 0 atom stereocenters. The number of aryl methyl sites for hydroxylation is 12. The molecule has 360 valence electrons. The first-order valence-electron chi connectivity index (χ1n) is 26.1. The van der Waals surface area contributed by atoms with E-state index in [0.717, 1.165) is 35.6 Å². The van der Waals surface area contributed by atoms with E-state index in [4.69, 9.17) is 0 Å². The van der Waals surface area contributed by atoms with Gasteiger partial charge in [0.2, 0.25) is 0 Å². The van der Waals surface area contributed by atoms with Crippen molar-refractivity contribution in [2.75, 3.05) is 16.0 Å². The third-order valence-electron chi connectivity index (χ3n) is 12.7. The number of benzene rings is 2. The maximum atomic E-state index is 3.53. The molecule has 5 rings (SSSR count). The van der Waals surface area contributed by atoms with E-state index in [1.165, 1.54) is 171 Å². The fraction of sp³-hybridized carbons (Fsp3) is 0.550. The second-order valence-corrected chi connectivity index (χ2v) is 21.5. The van der Waals surface area contributed by atoms with E-state index in [1.807, 2.05) is 0 Å². The van der Waals surface area contributed by atoms with Crippen LogP contribution in [0.3, 0.4) is 0 Å². The Kier molecular flexibility index (Phi) is 30.0. The SMILES string of the molecule is BrCCCCCc1cc(CCCCCBr)cc(CCCCCBr)c1.Cc1ccc[n+](CCCCCc2cc(CCCCC[n+]3cccc(C)c3)cc(CCCCC[n+]3cccc(C)c3)c2)c1. The molecule has 3 nitrogen and oxygen atoms in total. The summed E-state index contributed by atoms with van der Waals surface area (Å²) in [6.45, 7) is 9.88. The Morgan fingerprint density at radius 2 is 0.530 bits per heavy atom.